The fourth-order valence-corrected chi connectivity index (χ4v) is 1.53. The fraction of sp³-hybridized carbons (Fsp3) is 0.800. The molecule has 11 heavy (non-hydrogen) atoms. The highest BCUT2D eigenvalue weighted by Gasteiger charge is 2.16. The molecule has 0 saturated carbocycles. The Bertz CT molecular complexity index is 128. The summed E-state index contributed by atoms with van der Waals surface area (Å²) >= 11 is 4.75. The van der Waals surface area contributed by atoms with Gasteiger partial charge < -0.3 is 15.3 Å². The predicted octanol–water partition coefficient (Wildman–Crippen LogP) is -0.587. The number of thiol groups is 1. The van der Waals surface area contributed by atoms with Gasteiger partial charge in [-0.15, -0.1) is 11.8 Å². The van der Waals surface area contributed by atoms with E-state index in [-0.39, 0.29) is 11.5 Å². The molecule has 0 bridgehead atoms. The number of hydrogen-bond donors (Lipinski definition) is 4. The number of carboxylic acid groups (broad SMARTS) is 1. The van der Waals surface area contributed by atoms with E-state index >= 15 is 0 Å². The van der Waals surface area contributed by atoms with Gasteiger partial charge in [0.15, 0.2) is 6.29 Å². The second kappa shape index (κ2) is 5.70. The Balaban J connectivity index is 3.61. The monoisotopic (exact) mass is 198 g/mol. The molecular formula is C5H10O4S2. The first kappa shape index (κ1) is 11.1. The minimum Gasteiger partial charge on any atom is -0.480 e. The molecule has 0 aromatic carbocycles. The van der Waals surface area contributed by atoms with Gasteiger partial charge in [-0.05, 0) is 0 Å². The van der Waals surface area contributed by atoms with Gasteiger partial charge in [-0.1, -0.05) is 0 Å². The van der Waals surface area contributed by atoms with Crippen LogP contribution in [0.4, 0.5) is 0 Å². The number of aliphatic hydroxyl groups is 2. The van der Waals surface area contributed by atoms with Crippen molar-refractivity contribution < 1.29 is 20.1 Å². The van der Waals surface area contributed by atoms with E-state index in [4.69, 9.17) is 15.3 Å². The molecule has 66 valence electrons. The topological polar surface area (TPSA) is 77.8 Å². The van der Waals surface area contributed by atoms with E-state index in [1.54, 1.807) is 0 Å². The van der Waals surface area contributed by atoms with Crippen molar-refractivity contribution in [3.05, 3.63) is 0 Å². The third kappa shape index (κ3) is 5.37. The highest BCUT2D eigenvalue weighted by atomic mass is 32.2. The number of rotatable bonds is 5. The van der Waals surface area contributed by atoms with Crippen LogP contribution in [0.15, 0.2) is 0 Å². The molecule has 0 radical (unpaired) electrons. The fourth-order valence-electron chi connectivity index (χ4n) is 0.404. The minimum absolute atomic E-state index is 0.00245. The summed E-state index contributed by atoms with van der Waals surface area (Å²) in [5.41, 5.74) is 0. The normalized spacial score (nSPS) is 13.5. The van der Waals surface area contributed by atoms with Gasteiger partial charge in [-0.3, -0.25) is 4.79 Å². The summed E-state index contributed by atoms with van der Waals surface area (Å²) in [5, 5.41) is 24.6. The Morgan fingerprint density at radius 3 is 2.36 bits per heavy atom. The average molecular weight is 198 g/mol. The maximum Gasteiger partial charge on any atom is 0.317 e. The summed E-state index contributed by atoms with van der Waals surface area (Å²) in [6, 6.07) is 0. The van der Waals surface area contributed by atoms with Crippen LogP contribution in [0, 0.1) is 0 Å². The Kier molecular flexibility index (Phi) is 5.75. The molecule has 0 aromatic rings. The van der Waals surface area contributed by atoms with Crippen molar-refractivity contribution in [2.24, 2.45) is 0 Å². The summed E-state index contributed by atoms with van der Waals surface area (Å²) in [6.07, 6.45) is -1.46. The number of thioether (sulfide) groups is 1. The number of aliphatic hydroxyl groups excluding tert-OH is 1. The molecule has 3 N–H and O–H groups in total. The highest BCUT2D eigenvalue weighted by Crippen LogP contribution is 2.13. The van der Waals surface area contributed by atoms with E-state index in [0.717, 1.165) is 11.8 Å². The maximum absolute atomic E-state index is 10.3. The zero-order valence-electron chi connectivity index (χ0n) is 5.67. The Labute approximate surface area is 74.0 Å². The molecule has 4 nitrogen and oxygen atoms in total. The lowest BCUT2D eigenvalue weighted by Gasteiger charge is -2.08. The predicted molar refractivity (Wildman–Crippen MR) is 46.0 cm³/mol. The first-order chi connectivity index (χ1) is 5.07. The Morgan fingerprint density at radius 1 is 1.55 bits per heavy atom. The van der Waals surface area contributed by atoms with Crippen LogP contribution in [0.5, 0.6) is 0 Å². The molecule has 0 rings (SSSR count). The lowest BCUT2D eigenvalue weighted by molar-refractivity contribution is -0.135. The molecule has 0 aromatic heterocycles. The van der Waals surface area contributed by atoms with E-state index in [2.05, 4.69) is 12.6 Å². The molecule has 0 heterocycles. The molecule has 6 heteroatoms. The summed E-state index contributed by atoms with van der Waals surface area (Å²) in [4.78, 5) is 10.3. The third-order valence-electron chi connectivity index (χ3n) is 0.888. The molecule has 1 atom stereocenters. The van der Waals surface area contributed by atoms with Crippen molar-refractivity contribution in [2.75, 3.05) is 11.5 Å². The SMILES string of the molecule is O=C(O)C(CS)SCC(O)O. The first-order valence-corrected chi connectivity index (χ1v) is 4.57. The van der Waals surface area contributed by atoms with Crippen molar-refractivity contribution in [3.8, 4) is 0 Å². The second-order valence-corrected chi connectivity index (χ2v) is 3.42. The molecule has 0 aliphatic heterocycles. The highest BCUT2D eigenvalue weighted by molar-refractivity contribution is 8.01. The van der Waals surface area contributed by atoms with Crippen molar-refractivity contribution in [1.29, 1.82) is 0 Å². The number of hydrogen-bond acceptors (Lipinski definition) is 5. The molecule has 0 saturated heterocycles. The standard InChI is InChI=1S/C5H10O4S2/c6-4(7)2-11-3(1-10)5(8)9/h3-4,6-7,10H,1-2H2,(H,8,9). The molecule has 0 amide bonds. The summed E-state index contributed by atoms with van der Waals surface area (Å²) in [5.74, 6) is -0.796. The van der Waals surface area contributed by atoms with Crippen molar-refractivity contribution >= 4 is 30.4 Å². The van der Waals surface area contributed by atoms with Crippen LogP contribution in [0.1, 0.15) is 0 Å². The minimum atomic E-state index is -1.46. The van der Waals surface area contributed by atoms with Crippen molar-refractivity contribution in [3.63, 3.8) is 0 Å². The van der Waals surface area contributed by atoms with Gasteiger partial charge in [0.1, 0.15) is 5.25 Å². The van der Waals surface area contributed by atoms with Crippen molar-refractivity contribution in [1.82, 2.24) is 0 Å². The van der Waals surface area contributed by atoms with E-state index in [0.29, 0.717) is 0 Å². The van der Waals surface area contributed by atoms with Gasteiger partial charge in [0.05, 0.1) is 0 Å². The Morgan fingerprint density at radius 2 is 2.09 bits per heavy atom. The van der Waals surface area contributed by atoms with Gasteiger partial charge in [-0.2, -0.15) is 12.6 Å². The Hall–Kier alpha value is 0.0900. The number of carboxylic acids is 1. The lowest BCUT2D eigenvalue weighted by atomic mass is 10.5. The van der Waals surface area contributed by atoms with Crippen LogP contribution in [0.3, 0.4) is 0 Å². The van der Waals surface area contributed by atoms with E-state index in [1.807, 2.05) is 0 Å². The summed E-state index contributed by atoms with van der Waals surface area (Å²) in [6.45, 7) is 0. The third-order valence-corrected chi connectivity index (χ3v) is 2.76. The van der Waals surface area contributed by atoms with Crippen LogP contribution in [0.2, 0.25) is 0 Å². The molecule has 0 spiro atoms. The quantitative estimate of drug-likeness (QED) is 0.351. The van der Waals surface area contributed by atoms with Crippen LogP contribution >= 0.6 is 24.4 Å². The van der Waals surface area contributed by atoms with Crippen LogP contribution in [-0.2, 0) is 4.79 Å². The maximum atomic E-state index is 10.3. The number of aliphatic carboxylic acids is 1. The zero-order valence-corrected chi connectivity index (χ0v) is 7.39. The summed E-state index contributed by atoms with van der Waals surface area (Å²) in [7, 11) is 0. The number of carbonyl (C=O) groups is 1. The smallest absolute Gasteiger partial charge is 0.317 e. The van der Waals surface area contributed by atoms with Gasteiger partial charge in [0.25, 0.3) is 0 Å². The molecule has 1 unspecified atom stereocenters. The van der Waals surface area contributed by atoms with E-state index in [9.17, 15) is 4.79 Å². The molecular weight excluding hydrogens is 188 g/mol. The lowest BCUT2D eigenvalue weighted by Crippen LogP contribution is -2.21. The van der Waals surface area contributed by atoms with Gasteiger partial charge in [0.2, 0.25) is 0 Å². The van der Waals surface area contributed by atoms with Crippen molar-refractivity contribution in [2.45, 2.75) is 11.5 Å². The van der Waals surface area contributed by atoms with E-state index < -0.39 is 17.5 Å². The molecule has 0 fully saturated rings. The first-order valence-electron chi connectivity index (χ1n) is 2.89. The van der Waals surface area contributed by atoms with Crippen LogP contribution < -0.4 is 0 Å². The average Bonchev–Trinajstić information content (AvgIpc) is 1.87. The van der Waals surface area contributed by atoms with Crippen LogP contribution in [0.25, 0.3) is 0 Å². The van der Waals surface area contributed by atoms with Gasteiger partial charge in [0, 0.05) is 11.5 Å². The van der Waals surface area contributed by atoms with Gasteiger partial charge >= 0.3 is 5.97 Å². The molecule has 0 aliphatic carbocycles. The molecule has 0 aliphatic rings. The van der Waals surface area contributed by atoms with Gasteiger partial charge in [-0.25, -0.2) is 0 Å². The second-order valence-electron chi connectivity index (χ2n) is 1.82. The largest absolute Gasteiger partial charge is 0.480 e. The van der Waals surface area contributed by atoms with E-state index in [1.165, 1.54) is 0 Å². The summed E-state index contributed by atoms with van der Waals surface area (Å²) < 4.78 is 0. The van der Waals surface area contributed by atoms with Crippen LogP contribution in [-0.4, -0.2) is 44.3 Å². The zero-order chi connectivity index (χ0) is 8.85.